The molecule has 0 aliphatic carbocycles. The van der Waals surface area contributed by atoms with Crippen LogP contribution < -0.4 is 0 Å². The van der Waals surface area contributed by atoms with E-state index in [0.29, 0.717) is 12.3 Å². The second-order valence-electron chi connectivity index (χ2n) is 5.82. The number of carbonyl (C=O) groups excluding carboxylic acids is 2. The third-order valence-corrected chi connectivity index (χ3v) is 2.98. The van der Waals surface area contributed by atoms with E-state index < -0.39 is 17.3 Å². The number of amides is 1. The summed E-state index contributed by atoms with van der Waals surface area (Å²) in [6.07, 6.45) is 1.56. The van der Waals surface area contributed by atoms with Crippen molar-refractivity contribution in [3.63, 3.8) is 0 Å². The Morgan fingerprint density at radius 3 is 2.50 bits per heavy atom. The van der Waals surface area contributed by atoms with Crippen molar-refractivity contribution in [2.24, 2.45) is 11.3 Å². The number of carbonyl (C=O) groups is 2. The van der Waals surface area contributed by atoms with Gasteiger partial charge in [0.25, 0.3) is 0 Å². The van der Waals surface area contributed by atoms with Gasteiger partial charge in [0.2, 0.25) is 5.91 Å². The van der Waals surface area contributed by atoms with Crippen LogP contribution in [0.5, 0.6) is 0 Å². The zero-order valence-electron chi connectivity index (χ0n) is 12.8. The van der Waals surface area contributed by atoms with Gasteiger partial charge in [-0.15, -0.1) is 0 Å². The molecule has 1 atom stereocenters. The molecule has 0 bridgehead atoms. The van der Waals surface area contributed by atoms with Gasteiger partial charge in [-0.1, -0.05) is 20.8 Å². The Morgan fingerprint density at radius 2 is 2.05 bits per heavy atom. The highest BCUT2D eigenvalue weighted by Gasteiger charge is 2.40. The lowest BCUT2D eigenvalue weighted by Crippen LogP contribution is -2.44. The number of ether oxygens (including phenoxy) is 1. The molecule has 0 aliphatic rings. The van der Waals surface area contributed by atoms with Crippen LogP contribution in [0.15, 0.2) is 22.8 Å². The molecule has 1 amide bonds. The average molecular weight is 281 g/mol. The van der Waals surface area contributed by atoms with Crippen molar-refractivity contribution in [3.05, 3.63) is 24.2 Å². The minimum Gasteiger partial charge on any atom is -0.467 e. The summed E-state index contributed by atoms with van der Waals surface area (Å²) >= 11 is 0. The molecule has 1 unspecified atom stereocenters. The van der Waals surface area contributed by atoms with Crippen LogP contribution >= 0.6 is 0 Å². The number of rotatable bonds is 5. The van der Waals surface area contributed by atoms with E-state index in [0.717, 1.165) is 0 Å². The quantitative estimate of drug-likeness (QED) is 0.614. The fourth-order valence-corrected chi connectivity index (χ4v) is 1.98. The van der Waals surface area contributed by atoms with Crippen LogP contribution in [0.2, 0.25) is 0 Å². The molecule has 1 aromatic rings. The van der Waals surface area contributed by atoms with Crippen LogP contribution in [0, 0.1) is 11.3 Å². The summed E-state index contributed by atoms with van der Waals surface area (Å²) in [4.78, 5) is 26.1. The van der Waals surface area contributed by atoms with Crippen molar-refractivity contribution in [3.8, 4) is 0 Å². The first-order valence-electron chi connectivity index (χ1n) is 6.71. The maximum Gasteiger partial charge on any atom is 0.319 e. The maximum atomic E-state index is 12.5. The van der Waals surface area contributed by atoms with Gasteiger partial charge in [-0.25, -0.2) is 0 Å². The SMILES string of the molecule is CCOC(=O)C(C(=O)N(C)Cc1ccco1)C(C)(C)C. The Labute approximate surface area is 119 Å². The van der Waals surface area contributed by atoms with Crippen LogP contribution in [-0.4, -0.2) is 30.4 Å². The van der Waals surface area contributed by atoms with E-state index in [-0.39, 0.29) is 12.5 Å². The van der Waals surface area contributed by atoms with Crippen LogP contribution in [0.25, 0.3) is 0 Å². The predicted molar refractivity (Wildman–Crippen MR) is 74.8 cm³/mol. The molecule has 20 heavy (non-hydrogen) atoms. The molecule has 0 aliphatic heterocycles. The lowest BCUT2D eigenvalue weighted by Gasteiger charge is -2.30. The van der Waals surface area contributed by atoms with E-state index >= 15 is 0 Å². The molecule has 0 aromatic carbocycles. The standard InChI is InChI=1S/C15H23NO4/c1-6-19-14(18)12(15(2,3)4)13(17)16(5)10-11-8-7-9-20-11/h7-9,12H,6,10H2,1-5H3. The third kappa shape index (κ3) is 4.11. The smallest absolute Gasteiger partial charge is 0.319 e. The summed E-state index contributed by atoms with van der Waals surface area (Å²) in [6.45, 7) is 7.89. The van der Waals surface area contributed by atoms with Gasteiger partial charge in [-0.05, 0) is 24.5 Å². The van der Waals surface area contributed by atoms with Crippen LogP contribution in [0.4, 0.5) is 0 Å². The summed E-state index contributed by atoms with van der Waals surface area (Å²) in [5.74, 6) is -0.872. The lowest BCUT2D eigenvalue weighted by atomic mass is 9.80. The summed E-state index contributed by atoms with van der Waals surface area (Å²) in [5, 5.41) is 0. The highest BCUT2D eigenvalue weighted by atomic mass is 16.5. The molecule has 5 nitrogen and oxygen atoms in total. The molecule has 1 aromatic heterocycles. The van der Waals surface area contributed by atoms with E-state index in [9.17, 15) is 9.59 Å². The number of esters is 1. The van der Waals surface area contributed by atoms with Gasteiger partial charge in [0.05, 0.1) is 19.4 Å². The Morgan fingerprint density at radius 1 is 1.40 bits per heavy atom. The molecule has 0 saturated carbocycles. The lowest BCUT2D eigenvalue weighted by molar-refractivity contribution is -0.160. The third-order valence-electron chi connectivity index (χ3n) is 2.98. The van der Waals surface area contributed by atoms with Gasteiger partial charge in [0, 0.05) is 7.05 Å². The van der Waals surface area contributed by atoms with Crippen molar-refractivity contribution in [1.29, 1.82) is 0 Å². The average Bonchev–Trinajstić information content (AvgIpc) is 2.80. The number of nitrogens with zero attached hydrogens (tertiary/aromatic N) is 1. The predicted octanol–water partition coefficient (Wildman–Crippen LogP) is 2.46. The van der Waals surface area contributed by atoms with Gasteiger partial charge in [-0.2, -0.15) is 0 Å². The van der Waals surface area contributed by atoms with Crippen LogP contribution in [0.1, 0.15) is 33.5 Å². The zero-order valence-corrected chi connectivity index (χ0v) is 12.8. The topological polar surface area (TPSA) is 59.8 Å². The van der Waals surface area contributed by atoms with Crippen molar-refractivity contribution in [1.82, 2.24) is 4.90 Å². The van der Waals surface area contributed by atoms with Crippen LogP contribution in [0.3, 0.4) is 0 Å². The van der Waals surface area contributed by atoms with Crippen molar-refractivity contribution in [2.45, 2.75) is 34.2 Å². The first-order valence-corrected chi connectivity index (χ1v) is 6.71. The molecular weight excluding hydrogens is 258 g/mol. The van der Waals surface area contributed by atoms with E-state index in [4.69, 9.17) is 9.15 Å². The Balaban J connectivity index is 2.84. The van der Waals surface area contributed by atoms with Crippen molar-refractivity contribution >= 4 is 11.9 Å². The minimum atomic E-state index is -0.817. The van der Waals surface area contributed by atoms with E-state index in [1.54, 1.807) is 32.4 Å². The fraction of sp³-hybridized carbons (Fsp3) is 0.600. The molecule has 1 rings (SSSR count). The van der Waals surface area contributed by atoms with E-state index in [1.165, 1.54) is 4.90 Å². The largest absolute Gasteiger partial charge is 0.467 e. The van der Waals surface area contributed by atoms with Gasteiger partial charge in [0.15, 0.2) is 0 Å². The number of hydrogen-bond donors (Lipinski definition) is 0. The fourth-order valence-electron chi connectivity index (χ4n) is 1.98. The van der Waals surface area contributed by atoms with Gasteiger partial charge < -0.3 is 14.1 Å². The molecule has 0 saturated heterocycles. The Hall–Kier alpha value is -1.78. The van der Waals surface area contributed by atoms with Crippen molar-refractivity contribution < 1.29 is 18.7 Å². The molecule has 0 fully saturated rings. The number of hydrogen-bond acceptors (Lipinski definition) is 4. The maximum absolute atomic E-state index is 12.5. The highest BCUT2D eigenvalue weighted by molar-refractivity contribution is 5.98. The first kappa shape index (κ1) is 16.3. The monoisotopic (exact) mass is 281 g/mol. The molecule has 0 spiro atoms. The van der Waals surface area contributed by atoms with Crippen molar-refractivity contribution in [2.75, 3.05) is 13.7 Å². The molecule has 5 heteroatoms. The number of furan rings is 1. The van der Waals surface area contributed by atoms with E-state index in [2.05, 4.69) is 0 Å². The first-order chi connectivity index (χ1) is 9.27. The summed E-state index contributed by atoms with van der Waals surface area (Å²) in [6, 6.07) is 3.56. The minimum absolute atomic E-state index is 0.257. The van der Waals surface area contributed by atoms with Gasteiger partial charge in [-0.3, -0.25) is 9.59 Å². The molecule has 112 valence electrons. The summed E-state index contributed by atoms with van der Waals surface area (Å²) < 4.78 is 10.2. The summed E-state index contributed by atoms with van der Waals surface area (Å²) in [5.41, 5.74) is -0.499. The molecule has 1 heterocycles. The van der Waals surface area contributed by atoms with Gasteiger partial charge >= 0.3 is 5.97 Å². The Kier molecular flexibility index (Phi) is 5.36. The van der Waals surface area contributed by atoms with Crippen LogP contribution in [-0.2, 0) is 20.9 Å². The second-order valence-corrected chi connectivity index (χ2v) is 5.82. The molecule has 0 radical (unpaired) electrons. The molecular formula is C15H23NO4. The van der Waals surface area contributed by atoms with E-state index in [1.807, 2.05) is 20.8 Å². The molecule has 0 N–H and O–H groups in total. The second kappa shape index (κ2) is 6.59. The van der Waals surface area contributed by atoms with Gasteiger partial charge in [0.1, 0.15) is 11.7 Å². The Bertz CT molecular complexity index is 445. The highest BCUT2D eigenvalue weighted by Crippen LogP contribution is 2.29. The zero-order chi connectivity index (χ0) is 15.3. The summed E-state index contributed by atoms with van der Waals surface area (Å²) in [7, 11) is 1.66. The normalized spacial score (nSPS) is 12.8.